The second kappa shape index (κ2) is 17.7. The molecule has 9 N–H and O–H groups in total. The highest BCUT2D eigenvalue weighted by molar-refractivity contribution is 8.00. The van der Waals surface area contributed by atoms with Crippen LogP contribution in [-0.2, 0) is 30.6 Å². The van der Waals surface area contributed by atoms with E-state index in [9.17, 15) is 49.3 Å². The number of oxime groups is 1. The lowest BCUT2D eigenvalue weighted by Crippen LogP contribution is -2.62. The summed E-state index contributed by atoms with van der Waals surface area (Å²) in [4.78, 5) is 89.3. The van der Waals surface area contributed by atoms with E-state index in [2.05, 4.69) is 20.4 Å². The predicted octanol–water partition coefficient (Wildman–Crippen LogP) is 1.62. The Morgan fingerprint density at radius 1 is 1.18 bits per heavy atom. The number of nitrogen functional groups attached to an aromatic ring is 2. The topological polar surface area (TPSA) is 307 Å². The Hall–Kier alpha value is -6.29. The van der Waals surface area contributed by atoms with E-state index < -0.39 is 57.5 Å². The summed E-state index contributed by atoms with van der Waals surface area (Å²) in [5.41, 5.74) is 9.52. The van der Waals surface area contributed by atoms with E-state index in [-0.39, 0.29) is 58.9 Å². The van der Waals surface area contributed by atoms with Crippen LogP contribution in [-0.4, -0.2) is 98.5 Å². The number of carbonyl (C=O) groups excluding carboxylic acids is 3. The number of hydrogen-bond donors (Lipinski definition) is 7. The normalized spacial score (nSPS) is 17.0. The van der Waals surface area contributed by atoms with Crippen LogP contribution in [0.5, 0.6) is 5.75 Å². The lowest BCUT2D eigenvalue weighted by molar-refractivity contribution is -0.689. The number of thiazole rings is 1. The molecule has 1 saturated heterocycles. The molecule has 1 unspecified atom stereocenters. The number of carbonyl (C=O) groups is 5. The second-order valence-corrected chi connectivity index (χ2v) is 15.4. The first-order chi connectivity index (χ1) is 27.0. The molecule has 57 heavy (non-hydrogen) atoms. The third-order valence-corrected chi connectivity index (χ3v) is 10.9. The van der Waals surface area contributed by atoms with Gasteiger partial charge in [0.1, 0.15) is 35.5 Å². The molecule has 0 saturated carbocycles. The van der Waals surface area contributed by atoms with Crippen LogP contribution in [0.1, 0.15) is 62.1 Å². The van der Waals surface area contributed by atoms with E-state index in [1.165, 1.54) is 37.3 Å². The van der Waals surface area contributed by atoms with Gasteiger partial charge in [0, 0.05) is 36.6 Å². The molecular weight excluding hydrogens is 787 g/mol. The minimum absolute atomic E-state index is 0.0526. The van der Waals surface area contributed by atoms with E-state index in [0.717, 1.165) is 28.5 Å². The van der Waals surface area contributed by atoms with Crippen LogP contribution in [0.4, 0.5) is 16.6 Å². The van der Waals surface area contributed by atoms with Crippen LogP contribution < -0.4 is 26.8 Å². The first-order valence-electron chi connectivity index (χ1n) is 17.4. The Bertz CT molecular complexity index is 2250. The maximum atomic E-state index is 13.5. The van der Waals surface area contributed by atoms with Gasteiger partial charge in [-0.05, 0) is 43.3 Å². The molecule has 3 aromatic rings. The number of fused-ring (bicyclic) bond motifs is 1. The summed E-state index contributed by atoms with van der Waals surface area (Å²) in [6.45, 7) is 3.27. The van der Waals surface area contributed by atoms with E-state index in [1.54, 1.807) is 22.9 Å². The van der Waals surface area contributed by atoms with Crippen molar-refractivity contribution in [2.75, 3.05) is 29.1 Å². The van der Waals surface area contributed by atoms with Crippen molar-refractivity contribution in [2.45, 2.75) is 63.5 Å². The molecule has 0 spiro atoms. The number of ketones is 2. The Labute approximate surface area is 332 Å². The van der Waals surface area contributed by atoms with Crippen molar-refractivity contribution in [1.29, 1.82) is 0 Å². The number of rotatable bonds is 19. The molecule has 0 radical (unpaired) electrons. The molecule has 1 fully saturated rings. The molecule has 0 bridgehead atoms. The van der Waals surface area contributed by atoms with E-state index in [4.69, 9.17) is 16.3 Å². The molecule has 2 aliphatic heterocycles. The van der Waals surface area contributed by atoms with Gasteiger partial charge in [0.25, 0.3) is 12.1 Å². The number of nitrogens with one attached hydrogen (secondary N) is 1. The Morgan fingerprint density at radius 2 is 1.93 bits per heavy atom. The van der Waals surface area contributed by atoms with E-state index >= 15 is 0 Å². The van der Waals surface area contributed by atoms with Crippen LogP contribution in [0.25, 0.3) is 0 Å². The van der Waals surface area contributed by atoms with Crippen molar-refractivity contribution in [2.24, 2.45) is 11.1 Å². The summed E-state index contributed by atoms with van der Waals surface area (Å²) in [5.74, 6) is -5.37. The van der Waals surface area contributed by atoms with Gasteiger partial charge in [-0.3, -0.25) is 24.1 Å². The summed E-state index contributed by atoms with van der Waals surface area (Å²) in [6, 6.07) is 0.887. The lowest BCUT2D eigenvalue weighted by Gasteiger charge is -2.49. The molecule has 302 valence electrons. The number of nitrogens with two attached hydrogens (primary N) is 2. The number of aliphatic carboxylic acids is 2. The molecule has 5 heterocycles. The summed E-state index contributed by atoms with van der Waals surface area (Å²) >= 11 is 2.32. The number of thioether (sulfide) groups is 1. The number of β-lactam (4-membered cyclic amide) rings is 1. The van der Waals surface area contributed by atoms with Gasteiger partial charge >= 0.3 is 11.9 Å². The molecule has 2 atom stereocenters. The largest absolute Gasteiger partial charge is 0.503 e. The standard InChI is InChI=1S/C35H39N9O11S2/c1-35(2,33(52)53)55-41-27(21-16-57-34(37)40-21)25(47)11-19-30(49)44-28(32(50)51)18(15-56-31(19)44)7-6-10-42-13-20(29(36)39-17-42)38-9-5-3-4-8-23(45)22-12-24(46)26(48)14-43(22)54/h6-7,12-14,16-17,19,31,36,38,54H,3-5,8-11,15H2,1-2H3,(H5,37,40,48,50,51,52,53)/p+1/b7-6+,41-27-/t19-,31?/m1/s1. The minimum atomic E-state index is -1.77. The van der Waals surface area contributed by atoms with Crippen molar-refractivity contribution < 1.29 is 53.9 Å². The van der Waals surface area contributed by atoms with Crippen LogP contribution >= 0.6 is 23.1 Å². The Morgan fingerprint density at radius 3 is 2.61 bits per heavy atom. The van der Waals surface area contributed by atoms with Gasteiger partial charge in [-0.2, -0.15) is 4.73 Å². The van der Waals surface area contributed by atoms with Gasteiger partial charge in [0.05, 0.1) is 17.5 Å². The monoisotopic (exact) mass is 826 g/mol. The third kappa shape index (κ3) is 9.75. The number of aromatic nitrogens is 4. The second-order valence-electron chi connectivity index (χ2n) is 13.4. The summed E-state index contributed by atoms with van der Waals surface area (Å²) in [5, 5.41) is 46.6. The number of nitrogens with zero attached hydrogens (tertiary/aromatic N) is 6. The van der Waals surface area contributed by atoms with Crippen molar-refractivity contribution in [3.8, 4) is 5.75 Å². The fraction of sp³-hybridized carbons (Fsp3) is 0.371. The lowest BCUT2D eigenvalue weighted by atomic mass is 9.89. The van der Waals surface area contributed by atoms with Crippen molar-refractivity contribution >= 4 is 74.9 Å². The van der Waals surface area contributed by atoms with E-state index in [1.807, 2.05) is 0 Å². The molecule has 5 rings (SSSR count). The smallest absolute Gasteiger partial charge is 0.352 e. The fourth-order valence-electron chi connectivity index (χ4n) is 5.72. The van der Waals surface area contributed by atoms with Gasteiger partial charge in [-0.1, -0.05) is 17.7 Å². The Kier molecular flexibility index (Phi) is 13.0. The third-order valence-electron chi connectivity index (χ3n) is 8.87. The predicted molar refractivity (Wildman–Crippen MR) is 206 cm³/mol. The SMILES string of the molecule is CC(C)(O/N=C(\C(=O)C[C@@H]1C(=O)N2C(C(=O)O)=C(/C=C/C[n+]3cnc(N)c(NCCCCCC(=O)c4cc(=O)c(O)cn4O)c3)CSC12)c1csc(N)n1)C(=O)O. The summed E-state index contributed by atoms with van der Waals surface area (Å²) < 4.78 is 2.14. The Balaban J connectivity index is 1.16. The summed E-state index contributed by atoms with van der Waals surface area (Å²) in [6.07, 6.45) is 8.85. The van der Waals surface area contributed by atoms with Crippen molar-refractivity contribution in [1.82, 2.24) is 19.6 Å². The molecule has 0 aromatic carbocycles. The zero-order valence-corrected chi connectivity index (χ0v) is 32.3. The van der Waals surface area contributed by atoms with Crippen molar-refractivity contribution in [3.63, 3.8) is 0 Å². The first-order valence-corrected chi connectivity index (χ1v) is 19.3. The average molecular weight is 827 g/mol. The average Bonchev–Trinajstić information content (AvgIpc) is 3.59. The molecule has 3 aromatic heterocycles. The molecule has 2 aliphatic rings. The zero-order chi connectivity index (χ0) is 41.6. The molecule has 1 amide bonds. The first kappa shape index (κ1) is 41.9. The minimum Gasteiger partial charge on any atom is -0.503 e. The van der Waals surface area contributed by atoms with Gasteiger partial charge in [-0.25, -0.2) is 19.1 Å². The van der Waals surface area contributed by atoms with Crippen molar-refractivity contribution in [3.05, 3.63) is 75.2 Å². The number of hydrogen-bond acceptors (Lipinski definition) is 17. The zero-order valence-electron chi connectivity index (χ0n) is 30.7. The summed E-state index contributed by atoms with van der Waals surface area (Å²) in [7, 11) is 0. The number of unbranched alkanes of at least 4 members (excludes halogenated alkanes) is 2. The maximum Gasteiger partial charge on any atom is 0.352 e. The number of Topliss-reactive ketones (excluding diaryl/α,β-unsaturated/α-hetero) is 2. The van der Waals surface area contributed by atoms with Gasteiger partial charge in [-0.15, -0.1) is 23.1 Å². The number of pyridine rings is 1. The maximum absolute atomic E-state index is 13.5. The molecule has 22 heteroatoms. The van der Waals surface area contributed by atoms with Gasteiger partial charge < -0.3 is 42.1 Å². The van der Waals surface area contributed by atoms with E-state index in [0.29, 0.717) is 41.8 Å². The quantitative estimate of drug-likeness (QED) is 0.0172. The van der Waals surface area contributed by atoms with Gasteiger partial charge in [0.15, 0.2) is 28.2 Å². The fourth-order valence-corrected chi connectivity index (χ4v) is 7.66. The van der Waals surface area contributed by atoms with Crippen LogP contribution in [0.15, 0.2) is 63.5 Å². The van der Waals surface area contributed by atoms with Gasteiger partial charge in [0.2, 0.25) is 16.9 Å². The molecule has 20 nitrogen and oxygen atoms in total. The van der Waals surface area contributed by atoms with Crippen LogP contribution in [0, 0.1) is 5.92 Å². The number of anilines is 3. The highest BCUT2D eigenvalue weighted by Crippen LogP contribution is 2.45. The molecule has 0 aliphatic carbocycles. The number of carboxylic acid groups (broad SMARTS) is 2. The molecular formula is C35H40N9O11S2+. The number of amides is 1. The van der Waals surface area contributed by atoms with Crippen LogP contribution in [0.3, 0.4) is 0 Å². The van der Waals surface area contributed by atoms with Crippen LogP contribution in [0.2, 0.25) is 0 Å². The number of carboxylic acids is 2. The number of allylic oxidation sites excluding steroid dienone is 2. The number of aromatic hydroxyl groups is 1. The highest BCUT2D eigenvalue weighted by Gasteiger charge is 2.54. The highest BCUT2D eigenvalue weighted by atomic mass is 32.2.